The Morgan fingerprint density at radius 3 is 2.67 bits per heavy atom. The lowest BCUT2D eigenvalue weighted by Gasteiger charge is -2.13. The highest BCUT2D eigenvalue weighted by Gasteiger charge is 2.26. The van der Waals surface area contributed by atoms with E-state index in [0.717, 1.165) is 12.8 Å². The van der Waals surface area contributed by atoms with Gasteiger partial charge in [0.15, 0.2) is 5.78 Å². The summed E-state index contributed by atoms with van der Waals surface area (Å²) in [6, 6.07) is 9.21. The summed E-state index contributed by atoms with van der Waals surface area (Å²) in [5.41, 5.74) is 0.643. The van der Waals surface area contributed by atoms with Crippen LogP contribution in [-0.4, -0.2) is 5.78 Å². The van der Waals surface area contributed by atoms with Gasteiger partial charge in [-0.2, -0.15) is 5.26 Å². The molecule has 2 nitrogen and oxygen atoms in total. The molecule has 0 heterocycles. The lowest BCUT2D eigenvalue weighted by Crippen LogP contribution is -2.14. The molecule has 1 aromatic carbocycles. The zero-order valence-electron chi connectivity index (χ0n) is 10.2. The van der Waals surface area contributed by atoms with Crippen molar-refractivity contribution in [2.45, 2.75) is 38.0 Å². The number of ketones is 1. The Hall–Kier alpha value is -1.33. The molecule has 1 aliphatic rings. The smallest absolute Gasteiger partial charge is 0.154 e. The number of halogens is 1. The molecular formula is C15H16ClNO. The second kappa shape index (κ2) is 6.02. The van der Waals surface area contributed by atoms with Crippen molar-refractivity contribution in [3.8, 4) is 6.07 Å². The Balaban J connectivity index is 2.11. The maximum atomic E-state index is 12.2. The van der Waals surface area contributed by atoms with Crippen LogP contribution in [0.1, 0.15) is 43.6 Å². The number of carbonyl (C=O) groups excluding carboxylic acids is 1. The maximum Gasteiger partial charge on any atom is 0.154 e. The van der Waals surface area contributed by atoms with Crippen LogP contribution in [0.2, 0.25) is 5.02 Å². The summed E-state index contributed by atoms with van der Waals surface area (Å²) in [5, 5.41) is 9.72. The summed E-state index contributed by atoms with van der Waals surface area (Å²) in [6.45, 7) is 0. The van der Waals surface area contributed by atoms with Gasteiger partial charge in [-0.1, -0.05) is 55.5 Å². The van der Waals surface area contributed by atoms with E-state index in [9.17, 15) is 10.1 Å². The number of nitriles is 1. The van der Waals surface area contributed by atoms with E-state index in [2.05, 4.69) is 6.07 Å². The summed E-state index contributed by atoms with van der Waals surface area (Å²) in [7, 11) is 0. The number of nitrogens with zero attached hydrogens (tertiary/aromatic N) is 1. The summed E-state index contributed by atoms with van der Waals surface area (Å²) in [6.07, 6.45) is 5.17. The third-order valence-electron chi connectivity index (χ3n) is 3.63. The fourth-order valence-corrected chi connectivity index (χ4v) is 2.89. The molecule has 1 aromatic rings. The minimum absolute atomic E-state index is 0.0116. The minimum atomic E-state index is -0.709. The van der Waals surface area contributed by atoms with Crippen molar-refractivity contribution in [1.29, 1.82) is 5.26 Å². The number of hydrogen-bond acceptors (Lipinski definition) is 2. The van der Waals surface area contributed by atoms with Gasteiger partial charge in [-0.15, -0.1) is 0 Å². The quantitative estimate of drug-likeness (QED) is 0.819. The van der Waals surface area contributed by atoms with E-state index >= 15 is 0 Å². The molecule has 2 rings (SSSR count). The number of Topliss-reactive ketones (excluding diaryl/α,β-unsaturated/α-hetero) is 1. The first-order chi connectivity index (χ1) is 8.72. The number of hydrogen-bond donors (Lipinski definition) is 0. The van der Waals surface area contributed by atoms with Gasteiger partial charge < -0.3 is 0 Å². The van der Waals surface area contributed by atoms with Crippen LogP contribution in [0.15, 0.2) is 24.3 Å². The maximum absolute atomic E-state index is 12.2. The first-order valence-electron chi connectivity index (χ1n) is 6.39. The molecule has 0 amide bonds. The lowest BCUT2D eigenvalue weighted by molar-refractivity contribution is -0.120. The van der Waals surface area contributed by atoms with Crippen molar-refractivity contribution in [2.24, 2.45) is 5.92 Å². The fraction of sp³-hybridized carbons (Fsp3) is 0.467. The molecule has 0 N–H and O–H groups in total. The Morgan fingerprint density at radius 2 is 2.06 bits per heavy atom. The second-order valence-corrected chi connectivity index (χ2v) is 5.31. The monoisotopic (exact) mass is 261 g/mol. The van der Waals surface area contributed by atoms with Crippen LogP contribution in [0.5, 0.6) is 0 Å². The standard InChI is InChI=1S/C15H16ClNO/c16-14-8-4-3-7-12(14)13(10-17)15(18)9-11-5-1-2-6-11/h3-4,7-8,11,13H,1-2,5-6,9H2. The highest BCUT2D eigenvalue weighted by molar-refractivity contribution is 6.31. The Bertz CT molecular complexity index is 472. The zero-order valence-corrected chi connectivity index (χ0v) is 11.0. The predicted octanol–water partition coefficient (Wildman–Crippen LogP) is 4.10. The van der Waals surface area contributed by atoms with Crippen LogP contribution in [0.4, 0.5) is 0 Å². The van der Waals surface area contributed by atoms with Gasteiger partial charge in [-0.3, -0.25) is 4.79 Å². The van der Waals surface area contributed by atoms with Gasteiger partial charge >= 0.3 is 0 Å². The third-order valence-corrected chi connectivity index (χ3v) is 3.98. The van der Waals surface area contributed by atoms with Crippen molar-refractivity contribution in [1.82, 2.24) is 0 Å². The normalized spacial score (nSPS) is 17.3. The molecule has 1 atom stereocenters. The highest BCUT2D eigenvalue weighted by Crippen LogP contribution is 2.32. The van der Waals surface area contributed by atoms with Crippen LogP contribution in [-0.2, 0) is 4.79 Å². The average molecular weight is 262 g/mol. The Labute approximate surface area is 113 Å². The van der Waals surface area contributed by atoms with Crippen molar-refractivity contribution < 1.29 is 4.79 Å². The van der Waals surface area contributed by atoms with Gasteiger partial charge in [-0.05, 0) is 17.5 Å². The van der Waals surface area contributed by atoms with Crippen LogP contribution >= 0.6 is 11.6 Å². The van der Waals surface area contributed by atoms with Gasteiger partial charge in [-0.25, -0.2) is 0 Å². The van der Waals surface area contributed by atoms with E-state index < -0.39 is 5.92 Å². The van der Waals surface area contributed by atoms with E-state index in [-0.39, 0.29) is 5.78 Å². The van der Waals surface area contributed by atoms with Crippen LogP contribution in [0.25, 0.3) is 0 Å². The van der Waals surface area contributed by atoms with Crippen molar-refractivity contribution in [3.63, 3.8) is 0 Å². The van der Waals surface area contributed by atoms with Gasteiger partial charge in [0.2, 0.25) is 0 Å². The molecule has 1 unspecified atom stereocenters. The van der Waals surface area contributed by atoms with Gasteiger partial charge in [0, 0.05) is 11.4 Å². The van der Waals surface area contributed by atoms with E-state index in [1.165, 1.54) is 12.8 Å². The summed E-state index contributed by atoms with van der Waals surface area (Å²) >= 11 is 6.06. The second-order valence-electron chi connectivity index (χ2n) is 4.90. The molecule has 0 bridgehead atoms. The zero-order chi connectivity index (χ0) is 13.0. The molecule has 1 fully saturated rings. The van der Waals surface area contributed by atoms with Gasteiger partial charge in [0.05, 0.1) is 6.07 Å². The van der Waals surface area contributed by atoms with Crippen LogP contribution < -0.4 is 0 Å². The van der Waals surface area contributed by atoms with Gasteiger partial charge in [0.25, 0.3) is 0 Å². The van der Waals surface area contributed by atoms with E-state index in [1.807, 2.05) is 12.1 Å². The molecule has 94 valence electrons. The number of rotatable bonds is 4. The minimum Gasteiger partial charge on any atom is -0.298 e. The summed E-state index contributed by atoms with van der Waals surface area (Å²) < 4.78 is 0. The molecule has 1 saturated carbocycles. The largest absolute Gasteiger partial charge is 0.298 e. The summed E-state index contributed by atoms with van der Waals surface area (Å²) in [4.78, 5) is 12.2. The molecule has 0 aliphatic heterocycles. The molecule has 0 spiro atoms. The predicted molar refractivity (Wildman–Crippen MR) is 71.4 cm³/mol. The topological polar surface area (TPSA) is 40.9 Å². The van der Waals surface area contributed by atoms with Crippen molar-refractivity contribution >= 4 is 17.4 Å². The van der Waals surface area contributed by atoms with E-state index in [1.54, 1.807) is 12.1 Å². The molecule has 1 aliphatic carbocycles. The molecule has 0 radical (unpaired) electrons. The SMILES string of the molecule is N#CC(C(=O)CC1CCCC1)c1ccccc1Cl. The molecule has 0 saturated heterocycles. The average Bonchev–Trinajstić information content (AvgIpc) is 2.85. The fourth-order valence-electron chi connectivity index (χ4n) is 2.64. The molecule has 18 heavy (non-hydrogen) atoms. The van der Waals surface area contributed by atoms with Crippen molar-refractivity contribution in [2.75, 3.05) is 0 Å². The lowest BCUT2D eigenvalue weighted by atomic mass is 9.89. The van der Waals surface area contributed by atoms with Crippen LogP contribution in [0, 0.1) is 17.2 Å². The Kier molecular flexibility index (Phi) is 4.38. The number of benzene rings is 1. The first-order valence-corrected chi connectivity index (χ1v) is 6.77. The molecule has 3 heteroatoms. The van der Waals surface area contributed by atoms with Crippen molar-refractivity contribution in [3.05, 3.63) is 34.9 Å². The first kappa shape index (κ1) is 13.1. The third kappa shape index (κ3) is 2.91. The summed E-state index contributed by atoms with van der Waals surface area (Å²) in [5.74, 6) is -0.229. The van der Waals surface area contributed by atoms with Gasteiger partial charge in [0.1, 0.15) is 5.92 Å². The van der Waals surface area contributed by atoms with Crippen LogP contribution in [0.3, 0.4) is 0 Å². The highest BCUT2D eigenvalue weighted by atomic mass is 35.5. The van der Waals surface area contributed by atoms with E-state index in [0.29, 0.717) is 22.9 Å². The Morgan fingerprint density at radius 1 is 1.39 bits per heavy atom. The molecular weight excluding hydrogens is 246 g/mol. The number of carbonyl (C=O) groups is 1. The van der Waals surface area contributed by atoms with E-state index in [4.69, 9.17) is 11.6 Å². The molecule has 0 aromatic heterocycles.